The number of hydrogen-bond acceptors (Lipinski definition) is 3. The van der Waals surface area contributed by atoms with Crippen LogP contribution in [0.4, 0.5) is 0 Å². The molecule has 20 heavy (non-hydrogen) atoms. The maximum Gasteiger partial charge on any atom is 0.122 e. The Hall–Kier alpha value is -2.49. The summed E-state index contributed by atoms with van der Waals surface area (Å²) in [5.74, 6) is 2.51. The minimum absolute atomic E-state index is 0.711. The van der Waals surface area contributed by atoms with E-state index in [1.165, 1.54) is 0 Å². The minimum atomic E-state index is 0.711. The molecule has 1 N–H and O–H groups in total. The largest absolute Gasteiger partial charge is 0.497 e. The molecule has 0 aliphatic carbocycles. The zero-order valence-electron chi connectivity index (χ0n) is 11.5. The number of aromatic nitrogens is 2. The Kier molecular flexibility index (Phi) is 3.29. The summed E-state index contributed by atoms with van der Waals surface area (Å²) in [6.45, 7) is 0. The average molecular weight is 268 g/mol. The average Bonchev–Trinajstić information content (AvgIpc) is 2.88. The molecular formula is C16H16N2O2. The molecule has 1 heterocycles. The van der Waals surface area contributed by atoms with Crippen LogP contribution in [-0.4, -0.2) is 24.2 Å². The number of H-pyrrole nitrogens is 1. The Bertz CT molecular complexity index is 679. The quantitative estimate of drug-likeness (QED) is 0.790. The second-order valence-corrected chi connectivity index (χ2v) is 4.60. The molecule has 0 fully saturated rings. The fraction of sp³-hybridized carbons (Fsp3) is 0.188. The van der Waals surface area contributed by atoms with Crippen LogP contribution < -0.4 is 9.47 Å². The van der Waals surface area contributed by atoms with Crippen LogP contribution in [0.3, 0.4) is 0 Å². The van der Waals surface area contributed by atoms with Crippen molar-refractivity contribution in [3.63, 3.8) is 0 Å². The van der Waals surface area contributed by atoms with Gasteiger partial charge in [-0.15, -0.1) is 0 Å². The predicted octanol–water partition coefficient (Wildman–Crippen LogP) is 3.17. The predicted molar refractivity (Wildman–Crippen MR) is 78.4 cm³/mol. The Morgan fingerprint density at radius 1 is 1.00 bits per heavy atom. The van der Waals surface area contributed by atoms with Gasteiger partial charge in [-0.05, 0) is 29.8 Å². The lowest BCUT2D eigenvalue weighted by Crippen LogP contribution is -1.94. The summed E-state index contributed by atoms with van der Waals surface area (Å²) in [7, 11) is 3.31. The highest BCUT2D eigenvalue weighted by atomic mass is 16.5. The fourth-order valence-electron chi connectivity index (χ4n) is 2.25. The number of methoxy groups -OCH3 is 2. The molecule has 2 aromatic carbocycles. The molecule has 0 amide bonds. The lowest BCUT2D eigenvalue weighted by atomic mass is 10.1. The van der Waals surface area contributed by atoms with E-state index in [0.29, 0.717) is 6.42 Å². The maximum absolute atomic E-state index is 5.28. The van der Waals surface area contributed by atoms with E-state index in [-0.39, 0.29) is 0 Å². The fourth-order valence-corrected chi connectivity index (χ4v) is 2.25. The lowest BCUT2D eigenvalue weighted by Gasteiger charge is -2.07. The van der Waals surface area contributed by atoms with Gasteiger partial charge >= 0.3 is 0 Å². The molecule has 0 unspecified atom stereocenters. The number of ether oxygens (including phenoxy) is 2. The molecule has 4 nitrogen and oxygen atoms in total. The van der Waals surface area contributed by atoms with Gasteiger partial charge in [0.2, 0.25) is 0 Å². The lowest BCUT2D eigenvalue weighted by molar-refractivity contribution is 0.393. The van der Waals surface area contributed by atoms with Crippen LogP contribution in [0.2, 0.25) is 0 Å². The zero-order valence-corrected chi connectivity index (χ0v) is 11.5. The molecule has 0 radical (unpaired) electrons. The van der Waals surface area contributed by atoms with Crippen LogP contribution in [0.15, 0.2) is 42.5 Å². The molecule has 1 aromatic heterocycles. The number of imidazole rings is 1. The summed E-state index contributed by atoms with van der Waals surface area (Å²) in [5, 5.41) is 0. The summed E-state index contributed by atoms with van der Waals surface area (Å²) in [4.78, 5) is 7.91. The SMILES string of the molecule is COc1cc(Cc2nc3ccccc3[nH]2)cc(OC)c1. The molecule has 0 saturated heterocycles. The summed E-state index contributed by atoms with van der Waals surface area (Å²) >= 11 is 0. The van der Waals surface area contributed by atoms with Crippen molar-refractivity contribution in [1.29, 1.82) is 0 Å². The normalized spacial score (nSPS) is 10.7. The number of rotatable bonds is 4. The third-order valence-electron chi connectivity index (χ3n) is 3.22. The van der Waals surface area contributed by atoms with Crippen molar-refractivity contribution < 1.29 is 9.47 Å². The standard InChI is InChI=1S/C16H16N2O2/c1-19-12-7-11(8-13(10-12)20-2)9-16-17-14-5-3-4-6-15(14)18-16/h3-8,10H,9H2,1-2H3,(H,17,18). The van der Waals surface area contributed by atoms with E-state index >= 15 is 0 Å². The number of nitrogens with zero attached hydrogens (tertiary/aromatic N) is 1. The first-order valence-electron chi connectivity index (χ1n) is 6.44. The second-order valence-electron chi connectivity index (χ2n) is 4.60. The number of hydrogen-bond donors (Lipinski definition) is 1. The maximum atomic E-state index is 5.28. The molecule has 0 aliphatic rings. The molecule has 0 aliphatic heterocycles. The molecule has 102 valence electrons. The number of benzene rings is 2. The zero-order chi connectivity index (χ0) is 13.9. The van der Waals surface area contributed by atoms with Gasteiger partial charge in [0, 0.05) is 12.5 Å². The van der Waals surface area contributed by atoms with E-state index in [1.807, 2.05) is 42.5 Å². The van der Waals surface area contributed by atoms with Crippen molar-refractivity contribution >= 4 is 11.0 Å². The van der Waals surface area contributed by atoms with Gasteiger partial charge < -0.3 is 14.5 Å². The minimum Gasteiger partial charge on any atom is -0.497 e. The van der Waals surface area contributed by atoms with Crippen molar-refractivity contribution in [3.8, 4) is 11.5 Å². The highest BCUT2D eigenvalue weighted by Crippen LogP contribution is 2.24. The van der Waals surface area contributed by atoms with Gasteiger partial charge in [-0.1, -0.05) is 12.1 Å². The number of para-hydroxylation sites is 2. The van der Waals surface area contributed by atoms with Crippen molar-refractivity contribution in [2.75, 3.05) is 14.2 Å². The van der Waals surface area contributed by atoms with Gasteiger partial charge in [0.25, 0.3) is 0 Å². The molecule has 0 bridgehead atoms. The molecular weight excluding hydrogens is 252 g/mol. The molecule has 0 saturated carbocycles. The van der Waals surface area contributed by atoms with E-state index < -0.39 is 0 Å². The Morgan fingerprint density at radius 2 is 1.70 bits per heavy atom. The van der Waals surface area contributed by atoms with Crippen molar-refractivity contribution in [1.82, 2.24) is 9.97 Å². The van der Waals surface area contributed by atoms with Gasteiger partial charge in [-0.3, -0.25) is 0 Å². The van der Waals surface area contributed by atoms with Crippen LogP contribution in [0, 0.1) is 0 Å². The van der Waals surface area contributed by atoms with E-state index in [4.69, 9.17) is 9.47 Å². The molecule has 4 heteroatoms. The molecule has 3 aromatic rings. The van der Waals surface area contributed by atoms with E-state index in [1.54, 1.807) is 14.2 Å². The first-order chi connectivity index (χ1) is 9.78. The first kappa shape index (κ1) is 12.5. The monoisotopic (exact) mass is 268 g/mol. The molecule has 0 atom stereocenters. The number of aromatic amines is 1. The first-order valence-corrected chi connectivity index (χ1v) is 6.44. The van der Waals surface area contributed by atoms with Crippen molar-refractivity contribution in [3.05, 3.63) is 53.9 Å². The summed E-state index contributed by atoms with van der Waals surface area (Å²) in [6.07, 6.45) is 0.711. The van der Waals surface area contributed by atoms with Gasteiger partial charge in [0.15, 0.2) is 0 Å². The third kappa shape index (κ3) is 2.45. The number of fused-ring (bicyclic) bond motifs is 1. The second kappa shape index (κ2) is 5.25. The highest BCUT2D eigenvalue weighted by Gasteiger charge is 2.06. The van der Waals surface area contributed by atoms with Crippen molar-refractivity contribution in [2.24, 2.45) is 0 Å². The Morgan fingerprint density at radius 3 is 2.35 bits per heavy atom. The summed E-state index contributed by atoms with van der Waals surface area (Å²) in [5.41, 5.74) is 3.13. The van der Waals surface area contributed by atoms with Crippen LogP contribution in [0.1, 0.15) is 11.4 Å². The van der Waals surface area contributed by atoms with E-state index in [9.17, 15) is 0 Å². The van der Waals surface area contributed by atoms with E-state index in [0.717, 1.165) is 33.9 Å². The summed E-state index contributed by atoms with van der Waals surface area (Å²) < 4.78 is 10.6. The van der Waals surface area contributed by atoms with Crippen LogP contribution >= 0.6 is 0 Å². The van der Waals surface area contributed by atoms with Gasteiger partial charge in [-0.25, -0.2) is 4.98 Å². The Labute approximate surface area is 117 Å². The molecule has 3 rings (SSSR count). The summed E-state index contributed by atoms with van der Waals surface area (Å²) in [6, 6.07) is 13.9. The Balaban J connectivity index is 1.93. The molecule has 0 spiro atoms. The number of nitrogens with one attached hydrogen (secondary N) is 1. The van der Waals surface area contributed by atoms with Crippen LogP contribution in [0.5, 0.6) is 11.5 Å². The topological polar surface area (TPSA) is 47.1 Å². The van der Waals surface area contributed by atoms with Crippen LogP contribution in [-0.2, 0) is 6.42 Å². The smallest absolute Gasteiger partial charge is 0.122 e. The highest BCUT2D eigenvalue weighted by molar-refractivity contribution is 5.74. The van der Waals surface area contributed by atoms with Gasteiger partial charge in [0.05, 0.1) is 25.3 Å². The van der Waals surface area contributed by atoms with E-state index in [2.05, 4.69) is 9.97 Å². The third-order valence-corrected chi connectivity index (χ3v) is 3.22. The van der Waals surface area contributed by atoms with Crippen LogP contribution in [0.25, 0.3) is 11.0 Å². The van der Waals surface area contributed by atoms with Gasteiger partial charge in [-0.2, -0.15) is 0 Å². The van der Waals surface area contributed by atoms with Crippen molar-refractivity contribution in [2.45, 2.75) is 6.42 Å². The van der Waals surface area contributed by atoms with Gasteiger partial charge in [0.1, 0.15) is 17.3 Å².